The van der Waals surface area contributed by atoms with Gasteiger partial charge in [-0.15, -0.1) is 0 Å². The summed E-state index contributed by atoms with van der Waals surface area (Å²) in [5.41, 5.74) is 1.15. The quantitative estimate of drug-likeness (QED) is 0.233. The molecular weight excluding hydrogens is 468 g/mol. The van der Waals surface area contributed by atoms with E-state index in [0.717, 1.165) is 6.54 Å². The highest BCUT2D eigenvalue weighted by Gasteiger charge is 2.46. The molecule has 1 fully saturated rings. The molecule has 0 aliphatic carbocycles. The fourth-order valence-corrected chi connectivity index (χ4v) is 4.44. The van der Waals surface area contributed by atoms with Crippen LogP contribution in [0.25, 0.3) is 5.76 Å². The Kier molecular flexibility index (Phi) is 8.25. The summed E-state index contributed by atoms with van der Waals surface area (Å²) in [5, 5.41) is 11.4. The van der Waals surface area contributed by atoms with Gasteiger partial charge in [-0.2, -0.15) is 0 Å². The highest BCUT2D eigenvalue weighted by Crippen LogP contribution is 2.41. The van der Waals surface area contributed by atoms with Crippen molar-refractivity contribution in [2.45, 2.75) is 19.4 Å². The number of Topliss-reactive ketones (excluding diaryl/α,β-unsaturated/α-hetero) is 1. The van der Waals surface area contributed by atoms with Crippen LogP contribution in [-0.2, 0) is 9.59 Å². The zero-order chi connectivity index (χ0) is 26.4. The van der Waals surface area contributed by atoms with Crippen molar-refractivity contribution in [3.8, 4) is 17.2 Å². The molecule has 0 saturated carbocycles. The van der Waals surface area contributed by atoms with E-state index >= 15 is 0 Å². The summed E-state index contributed by atoms with van der Waals surface area (Å²) < 4.78 is 11.6. The minimum atomic E-state index is -0.753. The lowest BCUT2D eigenvalue weighted by molar-refractivity contribution is -0.139. The molecule has 0 spiro atoms. The molecule has 1 saturated heterocycles. The number of hydrogen-bond acceptors (Lipinski definition) is 6. The van der Waals surface area contributed by atoms with Crippen LogP contribution in [-0.4, -0.2) is 60.4 Å². The lowest BCUT2D eigenvalue weighted by atomic mass is 9.95. The van der Waals surface area contributed by atoms with E-state index in [2.05, 4.69) is 0 Å². The second-order valence-electron chi connectivity index (χ2n) is 9.10. The average Bonchev–Trinajstić information content (AvgIpc) is 3.14. The van der Waals surface area contributed by atoms with Crippen LogP contribution in [0.5, 0.6) is 17.2 Å². The predicted octanol–water partition coefficient (Wildman–Crippen LogP) is 5.25. The van der Waals surface area contributed by atoms with Gasteiger partial charge in [0.05, 0.1) is 18.2 Å². The van der Waals surface area contributed by atoms with E-state index in [9.17, 15) is 14.7 Å². The van der Waals surface area contributed by atoms with E-state index in [-0.39, 0.29) is 11.3 Å². The van der Waals surface area contributed by atoms with Crippen molar-refractivity contribution in [2.75, 3.05) is 33.8 Å². The first-order valence-corrected chi connectivity index (χ1v) is 12.4. The summed E-state index contributed by atoms with van der Waals surface area (Å²) in [4.78, 5) is 30.1. The first-order valence-electron chi connectivity index (χ1n) is 12.4. The molecule has 0 bridgehead atoms. The Bertz CT molecular complexity index is 1290. The summed E-state index contributed by atoms with van der Waals surface area (Å²) >= 11 is 0. The van der Waals surface area contributed by atoms with Crippen LogP contribution in [0.3, 0.4) is 0 Å². The third-order valence-corrected chi connectivity index (χ3v) is 6.12. The van der Waals surface area contributed by atoms with Gasteiger partial charge in [0.15, 0.2) is 0 Å². The molecule has 3 aromatic carbocycles. The molecule has 1 atom stereocenters. The maximum absolute atomic E-state index is 13.3. The van der Waals surface area contributed by atoms with Crippen LogP contribution in [0.15, 0.2) is 84.4 Å². The van der Waals surface area contributed by atoms with Crippen LogP contribution < -0.4 is 9.47 Å². The van der Waals surface area contributed by atoms with Crippen LogP contribution >= 0.6 is 0 Å². The average molecular weight is 501 g/mol. The Morgan fingerprint density at radius 3 is 2.35 bits per heavy atom. The summed E-state index contributed by atoms with van der Waals surface area (Å²) in [6, 6.07) is 22.8. The molecule has 7 nitrogen and oxygen atoms in total. The Labute approximate surface area is 217 Å². The molecule has 0 aromatic heterocycles. The van der Waals surface area contributed by atoms with Gasteiger partial charge < -0.3 is 24.4 Å². The van der Waals surface area contributed by atoms with Crippen LogP contribution in [0, 0.1) is 0 Å². The molecule has 3 aromatic rings. The number of ketones is 1. The van der Waals surface area contributed by atoms with E-state index in [4.69, 9.17) is 9.47 Å². The number of benzene rings is 3. The third kappa shape index (κ3) is 6.01. The van der Waals surface area contributed by atoms with E-state index in [1.54, 1.807) is 29.2 Å². The number of amides is 1. The Morgan fingerprint density at radius 1 is 0.919 bits per heavy atom. The summed E-state index contributed by atoms with van der Waals surface area (Å²) in [6.07, 6.45) is 0.677. The molecule has 7 heteroatoms. The Morgan fingerprint density at radius 2 is 1.62 bits per heavy atom. The normalized spacial score (nSPS) is 16.9. The van der Waals surface area contributed by atoms with Crippen LogP contribution in [0.4, 0.5) is 0 Å². The number of ether oxygens (including phenoxy) is 2. The monoisotopic (exact) mass is 500 g/mol. The number of aliphatic hydroxyl groups is 1. The Hall–Kier alpha value is -4.10. The summed E-state index contributed by atoms with van der Waals surface area (Å²) in [5.74, 6) is 0.258. The van der Waals surface area contributed by atoms with E-state index in [0.29, 0.717) is 47.9 Å². The number of aliphatic hydroxyl groups excluding tert-OH is 1. The third-order valence-electron chi connectivity index (χ3n) is 6.12. The van der Waals surface area contributed by atoms with Gasteiger partial charge in [-0.05, 0) is 75.9 Å². The molecule has 4 rings (SSSR count). The predicted molar refractivity (Wildman–Crippen MR) is 143 cm³/mol. The van der Waals surface area contributed by atoms with E-state index in [1.165, 1.54) is 0 Å². The van der Waals surface area contributed by atoms with Crippen molar-refractivity contribution in [1.82, 2.24) is 9.80 Å². The van der Waals surface area contributed by atoms with Crippen molar-refractivity contribution in [2.24, 2.45) is 0 Å². The van der Waals surface area contributed by atoms with Gasteiger partial charge in [0.2, 0.25) is 0 Å². The van der Waals surface area contributed by atoms with Crippen molar-refractivity contribution >= 4 is 17.4 Å². The summed E-state index contributed by atoms with van der Waals surface area (Å²) in [6.45, 7) is 3.46. The first-order chi connectivity index (χ1) is 17.9. The fraction of sp³-hybridized carbons (Fsp3) is 0.267. The molecule has 1 N–H and O–H groups in total. The van der Waals surface area contributed by atoms with Gasteiger partial charge in [0.1, 0.15) is 23.0 Å². The lowest BCUT2D eigenvalue weighted by Gasteiger charge is -2.26. The van der Waals surface area contributed by atoms with E-state index < -0.39 is 17.7 Å². The van der Waals surface area contributed by atoms with Crippen molar-refractivity contribution in [3.05, 3.63) is 95.6 Å². The zero-order valence-electron chi connectivity index (χ0n) is 21.4. The van der Waals surface area contributed by atoms with Gasteiger partial charge in [0.25, 0.3) is 11.7 Å². The topological polar surface area (TPSA) is 79.3 Å². The molecule has 1 aliphatic rings. The second-order valence-corrected chi connectivity index (χ2v) is 9.10. The van der Waals surface area contributed by atoms with Gasteiger partial charge in [-0.25, -0.2) is 0 Å². The number of hydrogen-bond donors (Lipinski definition) is 1. The highest BCUT2D eigenvalue weighted by atomic mass is 16.5. The smallest absolute Gasteiger partial charge is 0.295 e. The number of para-hydroxylation sites is 1. The summed E-state index contributed by atoms with van der Waals surface area (Å²) in [7, 11) is 3.92. The molecule has 37 heavy (non-hydrogen) atoms. The number of likely N-dealkylation sites (tertiary alicyclic amines) is 1. The van der Waals surface area contributed by atoms with Gasteiger partial charge in [0, 0.05) is 12.1 Å². The van der Waals surface area contributed by atoms with Crippen molar-refractivity contribution in [1.29, 1.82) is 0 Å². The Balaban J connectivity index is 1.77. The van der Waals surface area contributed by atoms with Crippen LogP contribution in [0.2, 0.25) is 0 Å². The highest BCUT2D eigenvalue weighted by molar-refractivity contribution is 6.46. The number of rotatable bonds is 10. The van der Waals surface area contributed by atoms with Gasteiger partial charge >= 0.3 is 0 Å². The molecule has 1 aliphatic heterocycles. The molecular formula is C30H32N2O5. The fourth-order valence-electron chi connectivity index (χ4n) is 4.44. The molecule has 1 heterocycles. The van der Waals surface area contributed by atoms with Gasteiger partial charge in [-0.3, -0.25) is 9.59 Å². The number of carbonyl (C=O) groups excluding carboxylic acids is 2. The molecule has 0 radical (unpaired) electrons. The number of carbonyl (C=O) groups is 2. The molecule has 192 valence electrons. The largest absolute Gasteiger partial charge is 0.507 e. The zero-order valence-corrected chi connectivity index (χ0v) is 21.4. The van der Waals surface area contributed by atoms with Gasteiger partial charge in [-0.1, -0.05) is 42.5 Å². The molecule has 1 unspecified atom stereocenters. The SMILES string of the molecule is CCOc1cccc(C(O)=C2C(=O)C(=O)N(CCCN(C)C)C2c2cccc(Oc3ccccc3)c2)c1. The maximum Gasteiger partial charge on any atom is 0.295 e. The number of nitrogens with zero attached hydrogens (tertiary/aromatic N) is 2. The minimum absolute atomic E-state index is 0.0559. The van der Waals surface area contributed by atoms with E-state index in [1.807, 2.05) is 80.5 Å². The standard InChI is InChI=1S/C30H32N2O5/c1-4-36-24-15-9-12-22(20-24)28(33)26-27(32(30(35)29(26)34)18-10-17-31(2)3)21-11-8-16-25(19-21)37-23-13-6-5-7-14-23/h5-9,11-16,19-20,27,33H,4,10,17-18H2,1-3H3. The van der Waals surface area contributed by atoms with Crippen molar-refractivity contribution in [3.63, 3.8) is 0 Å². The minimum Gasteiger partial charge on any atom is -0.507 e. The second kappa shape index (κ2) is 11.8. The van der Waals surface area contributed by atoms with Crippen LogP contribution in [0.1, 0.15) is 30.5 Å². The maximum atomic E-state index is 13.3. The van der Waals surface area contributed by atoms with Crippen molar-refractivity contribution < 1.29 is 24.2 Å². The molecule has 1 amide bonds. The lowest BCUT2D eigenvalue weighted by Crippen LogP contribution is -2.32. The first kappa shape index (κ1) is 26.0.